The van der Waals surface area contributed by atoms with Gasteiger partial charge >= 0.3 is 6.18 Å². The van der Waals surface area contributed by atoms with Crippen molar-refractivity contribution in [2.75, 3.05) is 25.7 Å². The second-order valence-corrected chi connectivity index (χ2v) is 9.69. The Morgan fingerprint density at radius 2 is 1.85 bits per heavy atom. The molecule has 0 saturated heterocycles. The minimum absolute atomic E-state index is 0.0484. The number of anilines is 1. The van der Waals surface area contributed by atoms with Crippen LogP contribution in [0.2, 0.25) is 5.02 Å². The highest BCUT2D eigenvalue weighted by Crippen LogP contribution is 2.36. The fraction of sp³-hybridized carbons (Fsp3) is 0.190. The number of methoxy groups -OCH3 is 1. The van der Waals surface area contributed by atoms with Gasteiger partial charge in [-0.2, -0.15) is 13.2 Å². The molecule has 3 rings (SSSR count). The molecule has 2 aromatic carbocycles. The van der Waals surface area contributed by atoms with E-state index >= 15 is 0 Å². The number of aromatic nitrogens is 2. The number of nitrogens with one attached hydrogen (secondary N) is 1. The van der Waals surface area contributed by atoms with Gasteiger partial charge in [-0.05, 0) is 36.4 Å². The van der Waals surface area contributed by atoms with Gasteiger partial charge in [-0.1, -0.05) is 17.7 Å². The van der Waals surface area contributed by atoms with Gasteiger partial charge < -0.3 is 14.8 Å². The minimum Gasteiger partial charge on any atom is -0.493 e. The summed E-state index contributed by atoms with van der Waals surface area (Å²) in [6.07, 6.45) is -3.43. The standard InChI is InChI=1S/C21H18ClF3N4O4S/c1-26-34(3,31)14-6-4-5-13(10-14)27-19(30)15-11-18(21(23,24)25)28-29-20(15)33-16-8-7-12(22)9-17(16)32-2/h4-11H,1-3H3,(H,27,30). The molecule has 0 bridgehead atoms. The molecule has 1 atom stereocenters. The first-order chi connectivity index (χ1) is 15.9. The van der Waals surface area contributed by atoms with E-state index < -0.39 is 38.9 Å². The lowest BCUT2D eigenvalue weighted by atomic mass is 10.2. The molecule has 0 radical (unpaired) electrons. The third-order valence-corrected chi connectivity index (χ3v) is 6.57. The molecule has 34 heavy (non-hydrogen) atoms. The van der Waals surface area contributed by atoms with Crippen molar-refractivity contribution >= 4 is 32.9 Å². The Kier molecular flexibility index (Phi) is 7.32. The molecule has 1 heterocycles. The van der Waals surface area contributed by atoms with Gasteiger partial charge in [-0.15, -0.1) is 10.2 Å². The predicted octanol–water partition coefficient (Wildman–Crippen LogP) is 5.29. The molecule has 3 aromatic rings. The second kappa shape index (κ2) is 9.85. The largest absolute Gasteiger partial charge is 0.493 e. The van der Waals surface area contributed by atoms with Crippen LogP contribution in [0.4, 0.5) is 18.9 Å². The Morgan fingerprint density at radius 3 is 2.50 bits per heavy atom. The highest BCUT2D eigenvalue weighted by molar-refractivity contribution is 7.93. The Balaban J connectivity index is 2.03. The molecule has 0 spiro atoms. The summed E-state index contributed by atoms with van der Waals surface area (Å²) in [7, 11) is 0.0275. The van der Waals surface area contributed by atoms with E-state index in [1.54, 1.807) is 6.07 Å². The van der Waals surface area contributed by atoms with Crippen molar-refractivity contribution in [3.05, 3.63) is 64.8 Å². The molecule has 8 nitrogen and oxygen atoms in total. The van der Waals surface area contributed by atoms with Crippen molar-refractivity contribution in [3.8, 4) is 17.4 Å². The molecule has 13 heteroatoms. The van der Waals surface area contributed by atoms with Crippen molar-refractivity contribution in [2.45, 2.75) is 11.1 Å². The van der Waals surface area contributed by atoms with Crippen LogP contribution in [-0.2, 0) is 15.9 Å². The van der Waals surface area contributed by atoms with E-state index in [0.29, 0.717) is 16.0 Å². The molecule has 1 N–H and O–H groups in total. The summed E-state index contributed by atoms with van der Waals surface area (Å²) >= 11 is 5.92. The third kappa shape index (κ3) is 5.75. The van der Waals surface area contributed by atoms with E-state index in [9.17, 15) is 22.2 Å². The van der Waals surface area contributed by atoms with E-state index in [1.807, 2.05) is 0 Å². The van der Waals surface area contributed by atoms with Crippen LogP contribution in [0.1, 0.15) is 16.1 Å². The Bertz CT molecular complexity index is 1360. The number of ether oxygens (including phenoxy) is 2. The average molecular weight is 515 g/mol. The molecule has 0 aliphatic carbocycles. The molecule has 1 unspecified atom stereocenters. The molecule has 1 amide bonds. The van der Waals surface area contributed by atoms with Crippen molar-refractivity contribution in [1.29, 1.82) is 0 Å². The number of rotatable bonds is 6. The van der Waals surface area contributed by atoms with Crippen LogP contribution < -0.4 is 14.8 Å². The second-order valence-electron chi connectivity index (χ2n) is 6.81. The van der Waals surface area contributed by atoms with Crippen LogP contribution in [0.5, 0.6) is 17.4 Å². The maximum atomic E-state index is 13.3. The van der Waals surface area contributed by atoms with E-state index in [2.05, 4.69) is 19.9 Å². The molecule has 0 aliphatic rings. The molecular formula is C21H18ClF3N4O4S. The first kappa shape index (κ1) is 25.2. The SMILES string of the molecule is CN=S(C)(=O)c1cccc(NC(=O)c2cc(C(F)(F)F)nnc2Oc2ccc(Cl)cc2OC)c1. The van der Waals surface area contributed by atoms with Crippen molar-refractivity contribution in [2.24, 2.45) is 4.36 Å². The Hall–Kier alpha value is -3.38. The number of amides is 1. The van der Waals surface area contributed by atoms with Gasteiger partial charge in [0.15, 0.2) is 17.2 Å². The summed E-state index contributed by atoms with van der Waals surface area (Å²) in [5, 5.41) is 9.39. The summed E-state index contributed by atoms with van der Waals surface area (Å²) in [5.41, 5.74) is -1.74. The monoisotopic (exact) mass is 514 g/mol. The number of nitrogens with zero attached hydrogens (tertiary/aromatic N) is 3. The summed E-state index contributed by atoms with van der Waals surface area (Å²) in [6, 6.07) is 10.8. The zero-order valence-electron chi connectivity index (χ0n) is 18.0. The third-order valence-electron chi connectivity index (χ3n) is 4.51. The van der Waals surface area contributed by atoms with Crippen LogP contribution in [-0.4, -0.2) is 40.7 Å². The lowest BCUT2D eigenvalue weighted by Gasteiger charge is -2.14. The highest BCUT2D eigenvalue weighted by Gasteiger charge is 2.35. The molecule has 0 fully saturated rings. The fourth-order valence-corrected chi connectivity index (χ4v) is 3.75. The Labute approximate surface area is 198 Å². The number of carbonyl (C=O) groups excluding carboxylic acids is 1. The number of hydrogen-bond donors (Lipinski definition) is 1. The van der Waals surface area contributed by atoms with E-state index in [0.717, 1.165) is 0 Å². The maximum absolute atomic E-state index is 13.3. The van der Waals surface area contributed by atoms with Gasteiger partial charge in [0.25, 0.3) is 11.8 Å². The smallest absolute Gasteiger partial charge is 0.435 e. The van der Waals surface area contributed by atoms with E-state index in [4.69, 9.17) is 21.1 Å². The summed E-state index contributed by atoms with van der Waals surface area (Å²) in [5.74, 6) is -1.25. The maximum Gasteiger partial charge on any atom is 0.435 e. The normalized spacial score (nSPS) is 13.0. The number of benzene rings is 2. The average Bonchev–Trinajstić information content (AvgIpc) is 2.79. The Morgan fingerprint density at radius 1 is 1.12 bits per heavy atom. The quantitative estimate of drug-likeness (QED) is 0.479. The van der Waals surface area contributed by atoms with Crippen LogP contribution in [0.25, 0.3) is 0 Å². The number of alkyl halides is 3. The van der Waals surface area contributed by atoms with Crippen LogP contribution in [0, 0.1) is 0 Å². The van der Waals surface area contributed by atoms with E-state index in [-0.39, 0.29) is 17.2 Å². The van der Waals surface area contributed by atoms with Crippen molar-refractivity contribution in [3.63, 3.8) is 0 Å². The number of hydrogen-bond acceptors (Lipinski definition) is 7. The predicted molar refractivity (Wildman–Crippen MR) is 120 cm³/mol. The van der Waals surface area contributed by atoms with Gasteiger partial charge in [0.2, 0.25) is 0 Å². The first-order valence-electron chi connectivity index (χ1n) is 9.42. The fourth-order valence-electron chi connectivity index (χ4n) is 2.70. The molecule has 180 valence electrons. The highest BCUT2D eigenvalue weighted by atomic mass is 35.5. The lowest BCUT2D eigenvalue weighted by molar-refractivity contribution is -0.141. The zero-order valence-corrected chi connectivity index (χ0v) is 19.6. The van der Waals surface area contributed by atoms with Crippen molar-refractivity contribution < 1.29 is 31.6 Å². The zero-order chi connectivity index (χ0) is 25.1. The van der Waals surface area contributed by atoms with Gasteiger partial charge in [0.05, 0.1) is 16.8 Å². The van der Waals surface area contributed by atoms with Gasteiger partial charge in [0, 0.05) is 35.0 Å². The number of carbonyl (C=O) groups is 1. The van der Waals surface area contributed by atoms with Crippen molar-refractivity contribution in [1.82, 2.24) is 10.2 Å². The van der Waals surface area contributed by atoms with Gasteiger partial charge in [0.1, 0.15) is 5.56 Å². The molecule has 0 aliphatic heterocycles. The summed E-state index contributed by atoms with van der Waals surface area (Å²) in [4.78, 5) is 13.3. The minimum atomic E-state index is -4.85. The van der Waals surface area contributed by atoms with E-state index in [1.165, 1.54) is 56.8 Å². The topological polar surface area (TPSA) is 103 Å². The van der Waals surface area contributed by atoms with Crippen LogP contribution >= 0.6 is 11.6 Å². The molecule has 0 saturated carbocycles. The van der Waals surface area contributed by atoms with Crippen LogP contribution in [0.3, 0.4) is 0 Å². The first-order valence-corrected chi connectivity index (χ1v) is 11.7. The van der Waals surface area contributed by atoms with Gasteiger partial charge in [-0.25, -0.2) is 8.57 Å². The summed E-state index contributed by atoms with van der Waals surface area (Å²) < 4.78 is 66.8. The summed E-state index contributed by atoms with van der Waals surface area (Å²) in [6.45, 7) is 0. The number of halogens is 4. The lowest BCUT2D eigenvalue weighted by Crippen LogP contribution is -2.18. The molecular weight excluding hydrogens is 497 g/mol. The van der Waals surface area contributed by atoms with Crippen LogP contribution in [0.15, 0.2) is 57.8 Å². The van der Waals surface area contributed by atoms with Gasteiger partial charge in [-0.3, -0.25) is 4.79 Å². The molecule has 1 aromatic heterocycles.